The summed E-state index contributed by atoms with van der Waals surface area (Å²) in [6.45, 7) is 0.601. The van der Waals surface area contributed by atoms with Crippen LogP contribution in [0.1, 0.15) is 5.56 Å². The third-order valence-electron chi connectivity index (χ3n) is 4.44. The largest absolute Gasteiger partial charge is 0.350 e. The molecular weight excluding hydrogens is 374 g/mol. The SMILES string of the molecule is Clc1cccc(CNc2ncc3cc(-c4ncnc5[nH]ncc45)ccc3n2)c1. The van der Waals surface area contributed by atoms with Crippen LogP contribution in [0, 0.1) is 0 Å². The van der Waals surface area contributed by atoms with Gasteiger partial charge in [0.15, 0.2) is 5.65 Å². The Morgan fingerprint density at radius 1 is 1.00 bits per heavy atom. The first kappa shape index (κ1) is 16.6. The van der Waals surface area contributed by atoms with Gasteiger partial charge in [0.2, 0.25) is 5.95 Å². The molecule has 5 aromatic rings. The number of anilines is 1. The molecule has 0 amide bonds. The van der Waals surface area contributed by atoms with E-state index in [0.29, 0.717) is 23.2 Å². The average molecular weight is 388 g/mol. The van der Waals surface area contributed by atoms with Crippen LogP contribution in [-0.4, -0.2) is 30.1 Å². The molecule has 0 spiro atoms. The van der Waals surface area contributed by atoms with Gasteiger partial charge in [-0.3, -0.25) is 5.10 Å². The summed E-state index contributed by atoms with van der Waals surface area (Å²) in [7, 11) is 0. The van der Waals surface area contributed by atoms with E-state index in [2.05, 4.69) is 35.5 Å². The highest BCUT2D eigenvalue weighted by Crippen LogP contribution is 2.27. The Kier molecular flexibility index (Phi) is 4.06. The van der Waals surface area contributed by atoms with Crippen molar-refractivity contribution in [2.24, 2.45) is 0 Å². The summed E-state index contributed by atoms with van der Waals surface area (Å²) < 4.78 is 0. The highest BCUT2D eigenvalue weighted by Gasteiger charge is 2.09. The molecule has 0 aliphatic rings. The van der Waals surface area contributed by atoms with E-state index in [0.717, 1.165) is 33.1 Å². The fourth-order valence-electron chi connectivity index (χ4n) is 3.09. The maximum Gasteiger partial charge on any atom is 0.223 e. The van der Waals surface area contributed by atoms with Gasteiger partial charge in [0.05, 0.1) is 22.8 Å². The lowest BCUT2D eigenvalue weighted by Crippen LogP contribution is -2.03. The molecule has 8 heteroatoms. The molecule has 136 valence electrons. The lowest BCUT2D eigenvalue weighted by molar-refractivity contribution is 1.07. The zero-order valence-electron chi connectivity index (χ0n) is 14.6. The highest BCUT2D eigenvalue weighted by atomic mass is 35.5. The van der Waals surface area contributed by atoms with Crippen molar-refractivity contribution in [1.82, 2.24) is 30.1 Å². The van der Waals surface area contributed by atoms with Crippen molar-refractivity contribution in [1.29, 1.82) is 0 Å². The van der Waals surface area contributed by atoms with Gasteiger partial charge in [-0.15, -0.1) is 0 Å². The van der Waals surface area contributed by atoms with Crippen LogP contribution in [0.4, 0.5) is 5.95 Å². The molecule has 28 heavy (non-hydrogen) atoms. The fourth-order valence-corrected chi connectivity index (χ4v) is 3.30. The minimum Gasteiger partial charge on any atom is -0.350 e. The summed E-state index contributed by atoms with van der Waals surface area (Å²) in [6.07, 6.45) is 5.06. The lowest BCUT2D eigenvalue weighted by atomic mass is 10.1. The first-order chi connectivity index (χ1) is 13.8. The van der Waals surface area contributed by atoms with Crippen LogP contribution < -0.4 is 5.32 Å². The molecule has 0 radical (unpaired) electrons. The topological polar surface area (TPSA) is 92.3 Å². The quantitative estimate of drug-likeness (QED) is 0.479. The average Bonchev–Trinajstić information content (AvgIpc) is 3.21. The summed E-state index contributed by atoms with van der Waals surface area (Å²) in [4.78, 5) is 17.6. The number of nitrogens with one attached hydrogen (secondary N) is 2. The van der Waals surface area contributed by atoms with E-state index in [-0.39, 0.29) is 0 Å². The molecule has 0 saturated heterocycles. The van der Waals surface area contributed by atoms with Crippen molar-refractivity contribution in [3.8, 4) is 11.3 Å². The van der Waals surface area contributed by atoms with Crippen LogP contribution in [0.15, 0.2) is 61.2 Å². The summed E-state index contributed by atoms with van der Waals surface area (Å²) in [5.41, 5.74) is 4.42. The van der Waals surface area contributed by atoms with Crippen LogP contribution in [-0.2, 0) is 6.54 Å². The first-order valence-electron chi connectivity index (χ1n) is 8.66. The number of nitrogens with zero attached hydrogens (tertiary/aromatic N) is 5. The maximum atomic E-state index is 6.03. The van der Waals surface area contributed by atoms with Gasteiger partial charge < -0.3 is 5.32 Å². The molecule has 2 aromatic carbocycles. The van der Waals surface area contributed by atoms with Gasteiger partial charge in [-0.1, -0.05) is 29.8 Å². The third kappa shape index (κ3) is 3.12. The second kappa shape index (κ2) is 6.86. The van der Waals surface area contributed by atoms with E-state index >= 15 is 0 Å². The normalized spacial score (nSPS) is 11.2. The van der Waals surface area contributed by atoms with Crippen LogP contribution >= 0.6 is 11.6 Å². The molecule has 0 bridgehead atoms. The van der Waals surface area contributed by atoms with Gasteiger partial charge in [0.25, 0.3) is 0 Å². The number of fused-ring (bicyclic) bond motifs is 2. The molecular formula is C20H14ClN7. The predicted molar refractivity (Wildman–Crippen MR) is 109 cm³/mol. The number of aromatic nitrogens is 6. The number of benzene rings is 2. The van der Waals surface area contributed by atoms with Gasteiger partial charge in [-0.2, -0.15) is 5.10 Å². The molecule has 3 aromatic heterocycles. The molecule has 0 fully saturated rings. The number of rotatable bonds is 4. The summed E-state index contributed by atoms with van der Waals surface area (Å²) in [5.74, 6) is 0.569. The fraction of sp³-hybridized carbons (Fsp3) is 0.0500. The Bertz CT molecular complexity index is 1300. The summed E-state index contributed by atoms with van der Waals surface area (Å²) >= 11 is 6.03. The number of hydrogen-bond acceptors (Lipinski definition) is 6. The van der Waals surface area contributed by atoms with E-state index < -0.39 is 0 Å². The minimum atomic E-state index is 0.569. The molecule has 0 aliphatic carbocycles. The van der Waals surface area contributed by atoms with Crippen molar-refractivity contribution >= 4 is 39.5 Å². The van der Waals surface area contributed by atoms with Gasteiger partial charge >= 0.3 is 0 Å². The van der Waals surface area contributed by atoms with Crippen molar-refractivity contribution < 1.29 is 0 Å². The summed E-state index contributed by atoms with van der Waals surface area (Å²) in [6, 6.07) is 13.7. The number of aromatic amines is 1. The standard InChI is InChI=1S/C20H14ClN7/c21-15-3-1-2-12(6-15)8-22-20-23-9-14-7-13(4-5-17(14)27-20)18-16-10-26-28-19(16)25-11-24-18/h1-7,9-11H,8H2,(H,22,23,27)(H,24,25,26,28). The Morgan fingerprint density at radius 3 is 2.89 bits per heavy atom. The monoisotopic (exact) mass is 387 g/mol. The van der Waals surface area contributed by atoms with Gasteiger partial charge in [0.1, 0.15) is 6.33 Å². The van der Waals surface area contributed by atoms with E-state index in [1.54, 1.807) is 12.4 Å². The molecule has 0 atom stereocenters. The Hall–Kier alpha value is -3.58. The van der Waals surface area contributed by atoms with E-state index in [9.17, 15) is 0 Å². The highest BCUT2D eigenvalue weighted by molar-refractivity contribution is 6.30. The number of H-pyrrole nitrogens is 1. The number of hydrogen-bond donors (Lipinski definition) is 2. The molecule has 0 saturated carbocycles. The second-order valence-electron chi connectivity index (χ2n) is 6.31. The third-order valence-corrected chi connectivity index (χ3v) is 4.68. The molecule has 7 nitrogen and oxygen atoms in total. The van der Waals surface area contributed by atoms with Crippen molar-refractivity contribution in [2.75, 3.05) is 5.32 Å². The van der Waals surface area contributed by atoms with Crippen molar-refractivity contribution in [3.05, 3.63) is 71.8 Å². The second-order valence-corrected chi connectivity index (χ2v) is 6.74. The smallest absolute Gasteiger partial charge is 0.223 e. The van der Waals surface area contributed by atoms with Crippen LogP contribution in [0.25, 0.3) is 33.2 Å². The van der Waals surface area contributed by atoms with Gasteiger partial charge in [0, 0.05) is 28.7 Å². The number of halogens is 1. The zero-order chi connectivity index (χ0) is 18.9. The van der Waals surface area contributed by atoms with E-state index in [1.807, 2.05) is 42.5 Å². The molecule has 0 unspecified atom stereocenters. The molecule has 0 aliphatic heterocycles. The van der Waals surface area contributed by atoms with Crippen LogP contribution in [0.3, 0.4) is 0 Å². The van der Waals surface area contributed by atoms with E-state index in [1.165, 1.54) is 6.33 Å². The Morgan fingerprint density at radius 2 is 1.96 bits per heavy atom. The van der Waals surface area contributed by atoms with Crippen molar-refractivity contribution in [3.63, 3.8) is 0 Å². The summed E-state index contributed by atoms with van der Waals surface area (Å²) in [5, 5.41) is 12.7. The van der Waals surface area contributed by atoms with Crippen molar-refractivity contribution in [2.45, 2.75) is 6.54 Å². The Labute approximate surface area is 164 Å². The van der Waals surface area contributed by atoms with Crippen LogP contribution in [0.5, 0.6) is 0 Å². The van der Waals surface area contributed by atoms with Gasteiger partial charge in [-0.05, 0) is 29.8 Å². The van der Waals surface area contributed by atoms with E-state index in [4.69, 9.17) is 11.6 Å². The minimum absolute atomic E-state index is 0.569. The first-order valence-corrected chi connectivity index (χ1v) is 9.04. The zero-order valence-corrected chi connectivity index (χ0v) is 15.4. The molecule has 5 rings (SSSR count). The maximum absolute atomic E-state index is 6.03. The van der Waals surface area contributed by atoms with Gasteiger partial charge in [-0.25, -0.2) is 19.9 Å². The van der Waals surface area contributed by atoms with Crippen LogP contribution in [0.2, 0.25) is 5.02 Å². The molecule has 3 heterocycles. The lowest BCUT2D eigenvalue weighted by Gasteiger charge is -2.07. The Balaban J connectivity index is 1.44. The molecule has 2 N–H and O–H groups in total. The predicted octanol–water partition coefficient (Wildman–Crippen LogP) is 4.23.